The first-order valence-corrected chi connectivity index (χ1v) is 9.15. The average Bonchev–Trinajstić information content (AvgIpc) is 3.15. The van der Waals surface area contributed by atoms with E-state index in [1.54, 1.807) is 6.07 Å². The highest BCUT2D eigenvalue weighted by atomic mass is 79.9. The van der Waals surface area contributed by atoms with Crippen LogP contribution in [0.15, 0.2) is 51.7 Å². The Morgan fingerprint density at radius 1 is 1.08 bits per heavy atom. The molecule has 0 unspecified atom stereocenters. The molecule has 1 aromatic heterocycles. The van der Waals surface area contributed by atoms with Crippen LogP contribution in [0.5, 0.6) is 11.5 Å². The molecule has 0 saturated carbocycles. The lowest BCUT2D eigenvalue weighted by molar-refractivity contribution is 0.174. The molecule has 0 aliphatic carbocycles. The molecule has 0 N–H and O–H groups in total. The number of fused-ring (bicyclic) bond motifs is 1. The van der Waals surface area contributed by atoms with E-state index in [0.717, 1.165) is 26.2 Å². The van der Waals surface area contributed by atoms with Crippen LogP contribution in [-0.2, 0) is 6.54 Å². The van der Waals surface area contributed by atoms with Gasteiger partial charge in [0, 0.05) is 16.7 Å². The first kappa shape index (κ1) is 16.0. The van der Waals surface area contributed by atoms with Crippen molar-refractivity contribution in [3.05, 3.63) is 62.3 Å². The number of hydrogen-bond acceptors (Lipinski definition) is 3. The third kappa shape index (κ3) is 2.83. The van der Waals surface area contributed by atoms with Gasteiger partial charge in [0.25, 0.3) is 0 Å². The van der Waals surface area contributed by atoms with Crippen molar-refractivity contribution in [2.45, 2.75) is 6.54 Å². The smallest absolute Gasteiger partial charge is 0.231 e. The lowest BCUT2D eigenvalue weighted by Crippen LogP contribution is -2.03. The summed E-state index contributed by atoms with van der Waals surface area (Å²) >= 11 is 13.5. The van der Waals surface area contributed by atoms with E-state index >= 15 is 0 Å². The van der Waals surface area contributed by atoms with Crippen LogP contribution in [0.3, 0.4) is 0 Å². The summed E-state index contributed by atoms with van der Waals surface area (Å²) in [6, 6.07) is 13.7. The molecule has 4 rings (SSSR count). The summed E-state index contributed by atoms with van der Waals surface area (Å²) in [6.45, 7) is 0.781. The fourth-order valence-corrected chi connectivity index (χ4v) is 3.58. The first-order valence-electron chi connectivity index (χ1n) is 7.18. The summed E-state index contributed by atoms with van der Waals surface area (Å²) in [4.78, 5) is 4.61. The molecule has 7 heteroatoms. The Morgan fingerprint density at radius 2 is 1.79 bits per heavy atom. The highest BCUT2D eigenvalue weighted by Crippen LogP contribution is 2.38. The summed E-state index contributed by atoms with van der Waals surface area (Å²) in [5.41, 5.74) is 1.96. The van der Waals surface area contributed by atoms with Gasteiger partial charge in [0.15, 0.2) is 11.5 Å². The number of hydrogen-bond donors (Lipinski definition) is 0. The third-order valence-corrected chi connectivity index (χ3v) is 6.01. The van der Waals surface area contributed by atoms with Crippen LogP contribution in [-0.4, -0.2) is 16.3 Å². The van der Waals surface area contributed by atoms with Crippen LogP contribution in [0.4, 0.5) is 0 Å². The van der Waals surface area contributed by atoms with Crippen molar-refractivity contribution in [2.75, 3.05) is 6.79 Å². The molecule has 2 aromatic carbocycles. The molecular formula is C17H11Br2ClN2O2. The molecule has 4 nitrogen and oxygen atoms in total. The molecule has 2 heterocycles. The SMILES string of the molecule is Clc1cc2c(cc1Cn1c(-c3ccccc3)nc(Br)c1Br)OCO2. The normalized spacial score (nSPS) is 12.6. The third-order valence-electron chi connectivity index (χ3n) is 3.77. The number of rotatable bonds is 3. The van der Waals surface area contributed by atoms with Crippen molar-refractivity contribution in [2.24, 2.45) is 0 Å². The zero-order valence-corrected chi connectivity index (χ0v) is 16.2. The van der Waals surface area contributed by atoms with Crippen LogP contribution in [0.2, 0.25) is 5.02 Å². The van der Waals surface area contributed by atoms with Crippen molar-refractivity contribution in [1.29, 1.82) is 0 Å². The van der Waals surface area contributed by atoms with Crippen LogP contribution < -0.4 is 9.47 Å². The number of halogens is 3. The van der Waals surface area contributed by atoms with Gasteiger partial charge < -0.3 is 14.0 Å². The number of ether oxygens (including phenoxy) is 2. The maximum atomic E-state index is 6.42. The molecule has 3 aromatic rings. The van der Waals surface area contributed by atoms with Crippen molar-refractivity contribution in [3.8, 4) is 22.9 Å². The minimum absolute atomic E-state index is 0.227. The predicted molar refractivity (Wildman–Crippen MR) is 99.7 cm³/mol. The van der Waals surface area contributed by atoms with Gasteiger partial charge in [0.1, 0.15) is 15.0 Å². The largest absolute Gasteiger partial charge is 0.454 e. The van der Waals surface area contributed by atoms with Gasteiger partial charge in [-0.2, -0.15) is 0 Å². The standard InChI is InChI=1S/C17H11Br2ClN2O2/c18-15-16(19)22(17(21-15)10-4-2-1-3-5-10)8-11-6-13-14(7-12(11)20)24-9-23-13/h1-7H,8-9H2. The molecule has 0 radical (unpaired) electrons. The van der Waals surface area contributed by atoms with Gasteiger partial charge in [-0.05, 0) is 43.5 Å². The van der Waals surface area contributed by atoms with Gasteiger partial charge in [0.2, 0.25) is 6.79 Å². The highest BCUT2D eigenvalue weighted by molar-refractivity contribution is 9.13. The van der Waals surface area contributed by atoms with Crippen LogP contribution in [0, 0.1) is 0 Å². The monoisotopic (exact) mass is 468 g/mol. The van der Waals surface area contributed by atoms with Crippen LogP contribution in [0.25, 0.3) is 11.4 Å². The van der Waals surface area contributed by atoms with Crippen molar-refractivity contribution in [1.82, 2.24) is 9.55 Å². The van der Waals surface area contributed by atoms with Gasteiger partial charge >= 0.3 is 0 Å². The summed E-state index contributed by atoms with van der Waals surface area (Å²) < 4.78 is 14.5. The zero-order chi connectivity index (χ0) is 16.7. The summed E-state index contributed by atoms with van der Waals surface area (Å²) in [6.07, 6.45) is 0. The molecule has 1 aliphatic rings. The van der Waals surface area contributed by atoms with E-state index in [1.807, 2.05) is 36.4 Å². The van der Waals surface area contributed by atoms with E-state index in [1.165, 1.54) is 0 Å². The van der Waals surface area contributed by atoms with E-state index in [0.29, 0.717) is 23.1 Å². The van der Waals surface area contributed by atoms with E-state index in [4.69, 9.17) is 21.1 Å². The second-order valence-electron chi connectivity index (χ2n) is 5.27. The Labute approximate surface area is 160 Å². The predicted octanol–water partition coefficient (Wildman–Crippen LogP) is 5.51. The summed E-state index contributed by atoms with van der Waals surface area (Å²) in [7, 11) is 0. The van der Waals surface area contributed by atoms with Crippen molar-refractivity contribution < 1.29 is 9.47 Å². The quantitative estimate of drug-likeness (QED) is 0.507. The van der Waals surface area contributed by atoms with Gasteiger partial charge in [-0.3, -0.25) is 0 Å². The molecule has 0 amide bonds. The van der Waals surface area contributed by atoms with Gasteiger partial charge in [-0.15, -0.1) is 0 Å². The molecule has 0 fully saturated rings. The average molecular weight is 471 g/mol. The second-order valence-corrected chi connectivity index (χ2v) is 7.18. The van der Waals surface area contributed by atoms with E-state index in [-0.39, 0.29) is 6.79 Å². The molecule has 0 atom stereocenters. The van der Waals surface area contributed by atoms with Gasteiger partial charge in [0.05, 0.1) is 6.54 Å². The molecule has 122 valence electrons. The number of aromatic nitrogens is 2. The zero-order valence-electron chi connectivity index (χ0n) is 12.3. The Kier molecular flexibility index (Phi) is 4.28. The Morgan fingerprint density at radius 3 is 2.54 bits per heavy atom. The number of nitrogens with zero attached hydrogens (tertiary/aromatic N) is 2. The first-order chi connectivity index (χ1) is 11.6. The van der Waals surface area contributed by atoms with Crippen LogP contribution in [0.1, 0.15) is 5.56 Å². The topological polar surface area (TPSA) is 36.3 Å². The fraction of sp³-hybridized carbons (Fsp3) is 0.118. The summed E-state index contributed by atoms with van der Waals surface area (Å²) in [5, 5.41) is 0.634. The minimum Gasteiger partial charge on any atom is -0.454 e. The Bertz CT molecular complexity index is 913. The summed E-state index contributed by atoms with van der Waals surface area (Å²) in [5.74, 6) is 2.24. The van der Waals surface area contributed by atoms with E-state index < -0.39 is 0 Å². The molecule has 0 saturated heterocycles. The van der Waals surface area contributed by atoms with Gasteiger partial charge in [-0.1, -0.05) is 41.9 Å². The maximum Gasteiger partial charge on any atom is 0.231 e. The second kappa shape index (κ2) is 6.43. The number of benzene rings is 2. The molecule has 1 aliphatic heterocycles. The Balaban J connectivity index is 1.78. The van der Waals surface area contributed by atoms with Crippen LogP contribution >= 0.6 is 43.5 Å². The fourth-order valence-electron chi connectivity index (χ4n) is 2.61. The van der Waals surface area contributed by atoms with Crippen molar-refractivity contribution >= 4 is 43.5 Å². The highest BCUT2D eigenvalue weighted by Gasteiger charge is 2.20. The van der Waals surface area contributed by atoms with E-state index in [2.05, 4.69) is 41.4 Å². The molecule has 24 heavy (non-hydrogen) atoms. The lowest BCUT2D eigenvalue weighted by Gasteiger charge is -2.12. The number of imidazole rings is 1. The molecule has 0 spiro atoms. The Hall–Kier alpha value is -1.50. The van der Waals surface area contributed by atoms with Crippen molar-refractivity contribution in [3.63, 3.8) is 0 Å². The molecular weight excluding hydrogens is 459 g/mol. The lowest BCUT2D eigenvalue weighted by atomic mass is 10.1. The van der Waals surface area contributed by atoms with E-state index in [9.17, 15) is 0 Å². The van der Waals surface area contributed by atoms with Gasteiger partial charge in [-0.25, -0.2) is 4.98 Å². The maximum absolute atomic E-state index is 6.42. The minimum atomic E-state index is 0.227. The molecule has 0 bridgehead atoms.